The van der Waals surface area contributed by atoms with Crippen LogP contribution in [-0.2, 0) is 4.79 Å². The van der Waals surface area contributed by atoms with Crippen molar-refractivity contribution < 1.29 is 25.0 Å². The van der Waals surface area contributed by atoms with Gasteiger partial charge in [-0.1, -0.05) is 0 Å². The molecule has 0 aliphatic heterocycles. The van der Waals surface area contributed by atoms with Crippen LogP contribution in [0.25, 0.3) is 0 Å². The van der Waals surface area contributed by atoms with Crippen LogP contribution in [0.3, 0.4) is 0 Å². The molecule has 0 unspecified atom stereocenters. The van der Waals surface area contributed by atoms with Crippen LogP contribution in [0.15, 0.2) is 0 Å². The lowest BCUT2D eigenvalue weighted by molar-refractivity contribution is -0.873. The monoisotopic (exact) mass is 180 g/mol. The molecule has 0 radical (unpaired) electrons. The van der Waals surface area contributed by atoms with Gasteiger partial charge < -0.3 is 20.2 Å². The number of hydrogen-bond acceptors (Lipinski definition) is 2. The van der Waals surface area contributed by atoms with E-state index < -0.39 is 12.1 Å². The second kappa shape index (κ2) is 5.08. The SMILES string of the molecule is C[N+](C)(C)C[C@H](O)CC(=O)O.O. The summed E-state index contributed by atoms with van der Waals surface area (Å²) in [6, 6.07) is 0. The maximum absolute atomic E-state index is 10.1. The molecule has 0 amide bonds. The summed E-state index contributed by atoms with van der Waals surface area (Å²) in [6.07, 6.45) is -0.914. The molecule has 0 aliphatic carbocycles. The Balaban J connectivity index is 0. The largest absolute Gasteiger partial charge is 0.481 e. The Kier molecular flexibility index (Phi) is 5.88. The van der Waals surface area contributed by atoms with Crippen molar-refractivity contribution in [3.05, 3.63) is 0 Å². The number of aliphatic hydroxyl groups excluding tert-OH is 1. The van der Waals surface area contributed by atoms with Crippen molar-refractivity contribution >= 4 is 5.97 Å². The third kappa shape index (κ3) is 9.35. The first-order chi connectivity index (χ1) is 4.81. The van der Waals surface area contributed by atoms with Crippen LogP contribution < -0.4 is 0 Å². The highest BCUT2D eigenvalue weighted by Gasteiger charge is 2.17. The van der Waals surface area contributed by atoms with E-state index >= 15 is 0 Å². The van der Waals surface area contributed by atoms with Gasteiger partial charge in [-0.3, -0.25) is 4.79 Å². The molecule has 0 spiro atoms. The van der Waals surface area contributed by atoms with Crippen LogP contribution >= 0.6 is 0 Å². The maximum Gasteiger partial charge on any atom is 0.306 e. The topological polar surface area (TPSA) is 89.0 Å². The van der Waals surface area contributed by atoms with Crippen molar-refractivity contribution in [1.29, 1.82) is 0 Å². The van der Waals surface area contributed by atoms with Gasteiger partial charge in [0.25, 0.3) is 0 Å². The zero-order valence-corrected chi connectivity index (χ0v) is 7.74. The molecule has 0 aromatic heterocycles. The molecule has 4 N–H and O–H groups in total. The minimum Gasteiger partial charge on any atom is -0.481 e. The quantitative estimate of drug-likeness (QED) is 0.527. The number of nitrogens with zero attached hydrogens (tertiary/aromatic N) is 1. The molecule has 0 aromatic rings. The molecule has 0 aliphatic rings. The molecule has 1 atom stereocenters. The fraction of sp³-hybridized carbons (Fsp3) is 0.857. The number of rotatable bonds is 4. The normalized spacial score (nSPS) is 13.3. The van der Waals surface area contributed by atoms with Gasteiger partial charge in [0.1, 0.15) is 12.6 Å². The second-order valence-electron chi connectivity index (χ2n) is 3.72. The van der Waals surface area contributed by atoms with Gasteiger partial charge in [0, 0.05) is 0 Å². The van der Waals surface area contributed by atoms with Crippen LogP contribution in [0.5, 0.6) is 0 Å². The summed E-state index contributed by atoms with van der Waals surface area (Å²) in [5.41, 5.74) is 0. The molecule has 0 aromatic carbocycles. The zero-order chi connectivity index (χ0) is 9.07. The Labute approximate surface area is 72.1 Å². The molecule has 0 saturated carbocycles. The molecule has 5 nitrogen and oxygen atoms in total. The summed E-state index contributed by atoms with van der Waals surface area (Å²) >= 11 is 0. The molecule has 5 heteroatoms. The maximum atomic E-state index is 10.1. The average molecular weight is 180 g/mol. The smallest absolute Gasteiger partial charge is 0.306 e. The van der Waals surface area contributed by atoms with Gasteiger partial charge in [-0.2, -0.15) is 0 Å². The number of carbonyl (C=O) groups is 1. The minimum atomic E-state index is -0.953. The second-order valence-corrected chi connectivity index (χ2v) is 3.72. The summed E-state index contributed by atoms with van der Waals surface area (Å²) in [5, 5.41) is 17.5. The number of carboxylic acids is 1. The minimum absolute atomic E-state index is 0. The standard InChI is InChI=1S/C7H15NO3.H2O/c1-8(2,3)5-6(9)4-7(10)11;/h6,9H,4-5H2,1-3H3;1H2/p+1/t6-;/m1./s1. The van der Waals surface area contributed by atoms with E-state index in [-0.39, 0.29) is 11.9 Å². The third-order valence-electron chi connectivity index (χ3n) is 1.17. The van der Waals surface area contributed by atoms with E-state index in [1.807, 2.05) is 21.1 Å². The van der Waals surface area contributed by atoms with E-state index in [0.29, 0.717) is 11.0 Å². The van der Waals surface area contributed by atoms with Crippen molar-refractivity contribution in [2.45, 2.75) is 12.5 Å². The predicted octanol–water partition coefficient (Wildman–Crippen LogP) is -1.30. The first kappa shape index (κ1) is 13.9. The molecular weight excluding hydrogens is 162 g/mol. The number of quaternary nitrogens is 1. The fourth-order valence-corrected chi connectivity index (χ4v) is 0.898. The molecule has 12 heavy (non-hydrogen) atoms. The number of hydrogen-bond donors (Lipinski definition) is 2. The average Bonchev–Trinajstić information content (AvgIpc) is 1.53. The highest BCUT2D eigenvalue weighted by atomic mass is 16.4. The van der Waals surface area contributed by atoms with E-state index in [4.69, 9.17) is 10.2 Å². The Hall–Kier alpha value is -0.650. The summed E-state index contributed by atoms with van der Waals surface area (Å²) < 4.78 is 0.578. The molecule has 74 valence electrons. The van der Waals surface area contributed by atoms with Crippen molar-refractivity contribution in [3.63, 3.8) is 0 Å². The van der Waals surface area contributed by atoms with Crippen molar-refractivity contribution in [1.82, 2.24) is 0 Å². The lowest BCUT2D eigenvalue weighted by Crippen LogP contribution is -2.42. The van der Waals surface area contributed by atoms with Gasteiger partial charge in [0.2, 0.25) is 0 Å². The van der Waals surface area contributed by atoms with Crippen molar-refractivity contribution in [3.8, 4) is 0 Å². The van der Waals surface area contributed by atoms with E-state index in [1.54, 1.807) is 0 Å². The van der Waals surface area contributed by atoms with Crippen molar-refractivity contribution in [2.24, 2.45) is 0 Å². The number of aliphatic hydroxyl groups is 1. The summed E-state index contributed by atoms with van der Waals surface area (Å²) in [6.45, 7) is 0.465. The highest BCUT2D eigenvalue weighted by molar-refractivity contribution is 5.67. The number of carboxylic acid groups (broad SMARTS) is 1. The Morgan fingerprint density at radius 1 is 1.42 bits per heavy atom. The first-order valence-electron chi connectivity index (χ1n) is 3.51. The highest BCUT2D eigenvalue weighted by Crippen LogP contribution is 1.98. The molecular formula is C7H18NO4+. The van der Waals surface area contributed by atoms with Gasteiger partial charge in [-0.15, -0.1) is 0 Å². The molecule has 0 heterocycles. The molecule has 0 fully saturated rings. The van der Waals surface area contributed by atoms with Crippen LogP contribution in [0.4, 0.5) is 0 Å². The van der Waals surface area contributed by atoms with Crippen LogP contribution in [0.1, 0.15) is 6.42 Å². The number of likely N-dealkylation sites (N-methyl/N-ethyl adjacent to an activating group) is 1. The number of aliphatic carboxylic acids is 1. The lowest BCUT2D eigenvalue weighted by Gasteiger charge is -2.25. The van der Waals surface area contributed by atoms with Gasteiger partial charge in [-0.25, -0.2) is 0 Å². The Morgan fingerprint density at radius 3 is 2.08 bits per heavy atom. The predicted molar refractivity (Wildman–Crippen MR) is 44.8 cm³/mol. The Morgan fingerprint density at radius 2 is 1.83 bits per heavy atom. The third-order valence-corrected chi connectivity index (χ3v) is 1.17. The van der Waals surface area contributed by atoms with Gasteiger partial charge in [0.15, 0.2) is 0 Å². The van der Waals surface area contributed by atoms with Gasteiger partial charge in [0.05, 0.1) is 27.6 Å². The van der Waals surface area contributed by atoms with Crippen LogP contribution in [0, 0.1) is 0 Å². The summed E-state index contributed by atoms with van der Waals surface area (Å²) in [7, 11) is 5.72. The molecule has 0 rings (SSSR count). The molecule has 0 saturated heterocycles. The molecule has 0 bridgehead atoms. The first-order valence-corrected chi connectivity index (χ1v) is 3.51. The van der Waals surface area contributed by atoms with Crippen LogP contribution in [0.2, 0.25) is 0 Å². The van der Waals surface area contributed by atoms with E-state index in [9.17, 15) is 4.79 Å². The van der Waals surface area contributed by atoms with E-state index in [0.717, 1.165) is 0 Å². The summed E-state index contributed by atoms with van der Waals surface area (Å²) in [4.78, 5) is 10.1. The fourth-order valence-electron chi connectivity index (χ4n) is 0.898. The van der Waals surface area contributed by atoms with Gasteiger partial charge >= 0.3 is 5.97 Å². The van der Waals surface area contributed by atoms with Crippen LogP contribution in [-0.4, -0.2) is 59.9 Å². The Bertz CT molecular complexity index is 141. The zero-order valence-electron chi connectivity index (χ0n) is 7.74. The van der Waals surface area contributed by atoms with Crippen molar-refractivity contribution in [2.75, 3.05) is 27.7 Å². The lowest BCUT2D eigenvalue weighted by atomic mass is 10.2. The van der Waals surface area contributed by atoms with E-state index in [1.165, 1.54) is 0 Å². The van der Waals surface area contributed by atoms with E-state index in [2.05, 4.69) is 0 Å². The summed E-state index contributed by atoms with van der Waals surface area (Å²) in [5.74, 6) is -0.953. The van der Waals surface area contributed by atoms with Gasteiger partial charge in [-0.05, 0) is 0 Å².